The van der Waals surface area contributed by atoms with Gasteiger partial charge >= 0.3 is 6.18 Å². The van der Waals surface area contributed by atoms with E-state index in [9.17, 15) is 21.6 Å². The summed E-state index contributed by atoms with van der Waals surface area (Å²) in [6.45, 7) is 0. The number of hydrogen-bond acceptors (Lipinski definition) is 2. The molecule has 0 saturated heterocycles. The second-order valence-corrected chi connectivity index (χ2v) is 8.62. The first-order valence-corrected chi connectivity index (χ1v) is 10.0. The third-order valence-corrected chi connectivity index (χ3v) is 7.08. The molecule has 3 nitrogen and oxygen atoms in total. The minimum atomic E-state index is -4.72. The van der Waals surface area contributed by atoms with Crippen LogP contribution in [0.1, 0.15) is 42.0 Å². The summed E-state index contributed by atoms with van der Waals surface area (Å²) in [5.74, 6) is 0. The van der Waals surface area contributed by atoms with Crippen LogP contribution < -0.4 is 0 Å². The Balaban J connectivity index is 1.82. The number of fused-ring (bicyclic) bond motifs is 1. The first kappa shape index (κ1) is 17.5. The number of hydrogen-bond donors (Lipinski definition) is 0. The van der Waals surface area contributed by atoms with Gasteiger partial charge in [0, 0.05) is 6.04 Å². The molecule has 1 saturated carbocycles. The van der Waals surface area contributed by atoms with E-state index in [-0.39, 0.29) is 6.04 Å². The number of benzene rings is 2. The van der Waals surface area contributed by atoms with Gasteiger partial charge in [-0.1, -0.05) is 36.4 Å². The molecule has 1 atom stereocenters. The Hall–Kier alpha value is -1.86. The minimum Gasteiger partial charge on any atom is -0.207 e. The van der Waals surface area contributed by atoms with Crippen molar-refractivity contribution >= 4 is 10.0 Å². The zero-order chi connectivity index (χ0) is 18.5. The quantitative estimate of drug-likeness (QED) is 0.779. The van der Waals surface area contributed by atoms with Crippen molar-refractivity contribution in [1.29, 1.82) is 0 Å². The molecule has 0 bridgehead atoms. The van der Waals surface area contributed by atoms with E-state index in [0.717, 1.165) is 29.7 Å². The van der Waals surface area contributed by atoms with Crippen LogP contribution in [0, 0.1) is 0 Å². The third kappa shape index (κ3) is 2.93. The molecular formula is C19H18F3NO2S. The SMILES string of the molecule is O=S(=O)(c1ccccc1C(F)(F)F)N(C1CC1)[C@H]1CCc2ccccc21. The highest BCUT2D eigenvalue weighted by atomic mass is 32.2. The van der Waals surface area contributed by atoms with Crippen LogP contribution >= 0.6 is 0 Å². The largest absolute Gasteiger partial charge is 0.417 e. The molecule has 0 aliphatic heterocycles. The van der Waals surface area contributed by atoms with E-state index in [2.05, 4.69) is 0 Å². The average molecular weight is 381 g/mol. The molecule has 7 heteroatoms. The van der Waals surface area contributed by atoms with Gasteiger partial charge in [-0.25, -0.2) is 8.42 Å². The standard InChI is InChI=1S/C19H18F3NO2S/c20-19(21,22)16-7-3-4-8-18(16)26(24,25)23(14-10-11-14)17-12-9-13-5-1-2-6-15(13)17/h1-8,14,17H,9-12H2/t17-/m0/s1. The molecule has 2 aromatic rings. The number of aryl methyl sites for hydroxylation is 1. The van der Waals surface area contributed by atoms with E-state index in [4.69, 9.17) is 0 Å². The summed E-state index contributed by atoms with van der Waals surface area (Å²) < 4.78 is 68.1. The van der Waals surface area contributed by atoms with Crippen molar-refractivity contribution in [2.75, 3.05) is 0 Å². The maximum Gasteiger partial charge on any atom is 0.417 e. The second-order valence-electron chi connectivity index (χ2n) is 6.81. The normalized spacial score (nSPS) is 20.4. The fourth-order valence-electron chi connectivity index (χ4n) is 3.79. The van der Waals surface area contributed by atoms with Crippen molar-refractivity contribution < 1.29 is 21.6 Å². The highest BCUT2D eigenvalue weighted by Gasteiger charge is 2.47. The van der Waals surface area contributed by atoms with Crippen LogP contribution in [0.5, 0.6) is 0 Å². The van der Waals surface area contributed by atoms with Gasteiger partial charge in [0.15, 0.2) is 0 Å². The third-order valence-electron chi connectivity index (χ3n) is 5.06. The Kier molecular flexibility index (Phi) is 4.11. The van der Waals surface area contributed by atoms with E-state index >= 15 is 0 Å². The lowest BCUT2D eigenvalue weighted by Crippen LogP contribution is -2.37. The Bertz CT molecular complexity index is 936. The smallest absolute Gasteiger partial charge is 0.207 e. The molecule has 0 N–H and O–H groups in total. The monoisotopic (exact) mass is 381 g/mol. The zero-order valence-corrected chi connectivity index (χ0v) is 14.7. The Morgan fingerprint density at radius 1 is 0.923 bits per heavy atom. The Labute approximate surface area is 150 Å². The van der Waals surface area contributed by atoms with E-state index in [1.54, 1.807) is 0 Å². The van der Waals surface area contributed by atoms with E-state index in [1.807, 2.05) is 24.3 Å². The van der Waals surface area contributed by atoms with Gasteiger partial charge in [0.1, 0.15) is 0 Å². The fraction of sp³-hybridized carbons (Fsp3) is 0.368. The summed E-state index contributed by atoms with van der Waals surface area (Å²) in [6, 6.07) is 11.4. The van der Waals surface area contributed by atoms with Crippen LogP contribution in [0.2, 0.25) is 0 Å². The van der Waals surface area contributed by atoms with Crippen LogP contribution in [0.3, 0.4) is 0 Å². The molecule has 0 spiro atoms. The second kappa shape index (κ2) is 6.09. The highest BCUT2D eigenvalue weighted by molar-refractivity contribution is 7.89. The molecule has 4 rings (SSSR count). The summed E-state index contributed by atoms with van der Waals surface area (Å²) in [6.07, 6.45) is -2.01. The fourth-order valence-corrected chi connectivity index (χ4v) is 5.88. The summed E-state index contributed by atoms with van der Waals surface area (Å²) in [4.78, 5) is -0.649. The van der Waals surface area contributed by atoms with E-state index in [1.165, 1.54) is 16.4 Å². The number of nitrogens with zero attached hydrogens (tertiary/aromatic N) is 1. The highest BCUT2D eigenvalue weighted by Crippen LogP contribution is 2.46. The maximum absolute atomic E-state index is 13.4. The lowest BCUT2D eigenvalue weighted by Gasteiger charge is -2.30. The molecule has 0 radical (unpaired) electrons. The molecule has 1 fully saturated rings. The summed E-state index contributed by atoms with van der Waals surface area (Å²) in [5, 5.41) is 0. The van der Waals surface area contributed by atoms with Gasteiger partial charge < -0.3 is 0 Å². The molecule has 0 unspecified atom stereocenters. The van der Waals surface area contributed by atoms with Gasteiger partial charge in [-0.15, -0.1) is 0 Å². The van der Waals surface area contributed by atoms with Crippen molar-refractivity contribution in [3.8, 4) is 0 Å². The van der Waals surface area contributed by atoms with Crippen molar-refractivity contribution in [2.24, 2.45) is 0 Å². The van der Waals surface area contributed by atoms with Gasteiger partial charge in [-0.2, -0.15) is 17.5 Å². The molecule has 2 aromatic carbocycles. The molecule has 138 valence electrons. The number of rotatable bonds is 4. The predicted octanol–water partition coefficient (Wildman–Crippen LogP) is 4.55. The Morgan fingerprint density at radius 3 is 2.27 bits per heavy atom. The lowest BCUT2D eigenvalue weighted by molar-refractivity contribution is -0.139. The average Bonchev–Trinajstić information content (AvgIpc) is 3.34. The summed E-state index contributed by atoms with van der Waals surface area (Å²) >= 11 is 0. The molecule has 26 heavy (non-hydrogen) atoms. The van der Waals surface area contributed by atoms with E-state index in [0.29, 0.717) is 19.3 Å². The van der Waals surface area contributed by atoms with Crippen molar-refractivity contribution in [3.05, 3.63) is 65.2 Å². The molecular weight excluding hydrogens is 363 g/mol. The lowest BCUT2D eigenvalue weighted by atomic mass is 10.1. The number of sulfonamides is 1. The van der Waals surface area contributed by atoms with Gasteiger partial charge in [0.2, 0.25) is 10.0 Å². The first-order chi connectivity index (χ1) is 12.3. The maximum atomic E-state index is 13.4. The van der Waals surface area contributed by atoms with Gasteiger partial charge in [0.25, 0.3) is 0 Å². The van der Waals surface area contributed by atoms with Crippen LogP contribution in [-0.2, 0) is 22.6 Å². The van der Waals surface area contributed by atoms with Crippen LogP contribution in [-0.4, -0.2) is 18.8 Å². The molecule has 0 amide bonds. The first-order valence-electron chi connectivity index (χ1n) is 8.58. The molecule has 0 heterocycles. The zero-order valence-electron chi connectivity index (χ0n) is 13.9. The molecule has 2 aliphatic carbocycles. The Morgan fingerprint density at radius 2 is 1.58 bits per heavy atom. The van der Waals surface area contributed by atoms with E-state index < -0.39 is 32.7 Å². The predicted molar refractivity (Wildman–Crippen MR) is 91.0 cm³/mol. The number of halogens is 3. The van der Waals surface area contributed by atoms with Crippen LogP contribution in [0.15, 0.2) is 53.4 Å². The van der Waals surface area contributed by atoms with Crippen molar-refractivity contribution in [1.82, 2.24) is 4.31 Å². The van der Waals surface area contributed by atoms with Crippen molar-refractivity contribution in [3.63, 3.8) is 0 Å². The van der Waals surface area contributed by atoms with Gasteiger partial charge in [0.05, 0.1) is 16.5 Å². The van der Waals surface area contributed by atoms with Crippen molar-refractivity contribution in [2.45, 2.75) is 48.8 Å². The van der Waals surface area contributed by atoms with Crippen LogP contribution in [0.4, 0.5) is 13.2 Å². The molecule has 0 aromatic heterocycles. The molecule has 2 aliphatic rings. The minimum absolute atomic E-state index is 0.225. The number of alkyl halides is 3. The summed E-state index contributed by atoms with van der Waals surface area (Å²) in [7, 11) is -4.26. The van der Waals surface area contributed by atoms with Crippen LogP contribution in [0.25, 0.3) is 0 Å². The van der Waals surface area contributed by atoms with Gasteiger partial charge in [-0.3, -0.25) is 0 Å². The summed E-state index contributed by atoms with van der Waals surface area (Å²) in [5.41, 5.74) is 0.881. The topological polar surface area (TPSA) is 37.4 Å². The van der Waals surface area contributed by atoms with Gasteiger partial charge in [-0.05, 0) is 48.9 Å².